The molecule has 0 saturated carbocycles. The van der Waals surface area contributed by atoms with E-state index >= 15 is 0 Å². The maximum absolute atomic E-state index is 11.7. The second kappa shape index (κ2) is 8.33. The van der Waals surface area contributed by atoms with Crippen LogP contribution in [0.3, 0.4) is 0 Å². The van der Waals surface area contributed by atoms with Crippen LogP contribution in [0.15, 0.2) is 48.5 Å². The number of rotatable bonds is 5. The summed E-state index contributed by atoms with van der Waals surface area (Å²) in [5.41, 5.74) is 5.25. The largest absolute Gasteiger partial charge is 0.369 e. The number of carbonyl (C=O) groups excluding carboxylic acids is 1. The van der Waals surface area contributed by atoms with Gasteiger partial charge in [0, 0.05) is 45.5 Å². The van der Waals surface area contributed by atoms with Crippen molar-refractivity contribution >= 4 is 11.6 Å². The van der Waals surface area contributed by atoms with Crippen molar-refractivity contribution in [2.24, 2.45) is 0 Å². The second-order valence-electron chi connectivity index (χ2n) is 7.89. The Kier molecular flexibility index (Phi) is 5.64. The van der Waals surface area contributed by atoms with Gasteiger partial charge in [-0.1, -0.05) is 42.5 Å². The van der Waals surface area contributed by atoms with Crippen LogP contribution in [0.25, 0.3) is 0 Å². The van der Waals surface area contributed by atoms with Crippen LogP contribution in [-0.4, -0.2) is 62.0 Å². The van der Waals surface area contributed by atoms with Gasteiger partial charge in [0.1, 0.15) is 6.17 Å². The highest BCUT2D eigenvalue weighted by Crippen LogP contribution is 2.22. The molecule has 1 unspecified atom stereocenters. The number of hydrogen-bond donors (Lipinski definition) is 1. The Labute approximate surface area is 167 Å². The molecule has 0 spiro atoms. The Bertz CT molecular complexity index is 812. The zero-order valence-electron chi connectivity index (χ0n) is 16.9. The summed E-state index contributed by atoms with van der Waals surface area (Å²) in [6.07, 6.45) is 1.08. The van der Waals surface area contributed by atoms with Gasteiger partial charge in [-0.3, -0.25) is 15.0 Å². The first-order valence-electron chi connectivity index (χ1n) is 10.2. The van der Waals surface area contributed by atoms with Gasteiger partial charge in [0.05, 0.1) is 6.54 Å². The van der Waals surface area contributed by atoms with Crippen molar-refractivity contribution in [3.8, 4) is 0 Å². The first-order chi connectivity index (χ1) is 13.6. The molecular formula is C23H30N4O. The molecule has 2 fully saturated rings. The highest BCUT2D eigenvalue weighted by molar-refractivity contribution is 5.80. The predicted molar refractivity (Wildman–Crippen MR) is 113 cm³/mol. The molecule has 0 radical (unpaired) electrons. The van der Waals surface area contributed by atoms with E-state index in [2.05, 4.69) is 70.6 Å². The molecule has 148 valence electrons. The summed E-state index contributed by atoms with van der Waals surface area (Å²) in [6.45, 7) is 8.14. The van der Waals surface area contributed by atoms with E-state index in [1.54, 1.807) is 4.90 Å². The highest BCUT2D eigenvalue weighted by Gasteiger charge is 2.27. The maximum atomic E-state index is 11.7. The van der Waals surface area contributed by atoms with Crippen LogP contribution >= 0.6 is 0 Å². The van der Waals surface area contributed by atoms with Gasteiger partial charge in [-0.05, 0) is 36.1 Å². The number of nitrogens with zero attached hydrogens (tertiary/aromatic N) is 3. The number of amides is 1. The fraction of sp³-hybridized carbons (Fsp3) is 0.435. The van der Waals surface area contributed by atoms with E-state index in [4.69, 9.17) is 0 Å². The van der Waals surface area contributed by atoms with E-state index in [-0.39, 0.29) is 12.1 Å². The molecule has 2 aliphatic heterocycles. The summed E-state index contributed by atoms with van der Waals surface area (Å²) in [5.74, 6) is 0.152. The average Bonchev–Trinajstić information content (AvgIpc) is 3.06. The number of aryl methyl sites for hydroxylation is 1. The zero-order valence-corrected chi connectivity index (χ0v) is 16.9. The van der Waals surface area contributed by atoms with E-state index in [1.165, 1.54) is 16.8 Å². The molecule has 28 heavy (non-hydrogen) atoms. The quantitative estimate of drug-likeness (QED) is 0.867. The number of nitrogens with one attached hydrogen (secondary N) is 1. The highest BCUT2D eigenvalue weighted by atomic mass is 16.2. The van der Waals surface area contributed by atoms with Crippen LogP contribution in [0.1, 0.15) is 22.9 Å². The van der Waals surface area contributed by atoms with E-state index in [0.29, 0.717) is 6.54 Å². The number of para-hydroxylation sites is 1. The summed E-state index contributed by atoms with van der Waals surface area (Å²) in [6, 6.07) is 17.4. The first-order valence-corrected chi connectivity index (χ1v) is 10.2. The van der Waals surface area contributed by atoms with Gasteiger partial charge >= 0.3 is 0 Å². The molecule has 0 aliphatic carbocycles. The molecule has 2 saturated heterocycles. The smallest absolute Gasteiger partial charge is 0.237 e. The third kappa shape index (κ3) is 4.05. The molecular weight excluding hydrogens is 348 g/mol. The van der Waals surface area contributed by atoms with Crippen molar-refractivity contribution in [1.82, 2.24) is 15.1 Å². The number of likely N-dealkylation sites (N-methyl/N-ethyl adjacent to an activating group) is 1. The average molecular weight is 379 g/mol. The second-order valence-corrected chi connectivity index (χ2v) is 7.89. The topological polar surface area (TPSA) is 38.8 Å². The molecule has 5 heteroatoms. The summed E-state index contributed by atoms with van der Waals surface area (Å²) in [4.78, 5) is 18.5. The van der Waals surface area contributed by atoms with Gasteiger partial charge < -0.3 is 9.80 Å². The summed E-state index contributed by atoms with van der Waals surface area (Å²) in [5, 5.41) is 3.26. The molecule has 1 atom stereocenters. The first kappa shape index (κ1) is 19.0. The number of anilines is 1. The summed E-state index contributed by atoms with van der Waals surface area (Å²) in [7, 11) is 1.86. The van der Waals surface area contributed by atoms with Crippen LogP contribution in [0.2, 0.25) is 0 Å². The standard InChI is InChI=1S/C23H30N4O/c1-18-5-3-4-6-21(18)27-15-13-26(14-16-27)12-11-19-7-9-20(10-8-19)23-24-17-22(28)25(23)2/h3-10,23-24H,11-17H2,1-2H3. The molecule has 2 aliphatic rings. The number of hydrogen-bond acceptors (Lipinski definition) is 4. The Morgan fingerprint density at radius 2 is 1.71 bits per heavy atom. The van der Waals surface area contributed by atoms with E-state index in [0.717, 1.165) is 44.7 Å². The van der Waals surface area contributed by atoms with E-state index < -0.39 is 0 Å². The van der Waals surface area contributed by atoms with Crippen LogP contribution in [0.4, 0.5) is 5.69 Å². The third-order valence-corrected chi connectivity index (χ3v) is 6.07. The number of carbonyl (C=O) groups is 1. The molecule has 0 bridgehead atoms. The fourth-order valence-corrected chi connectivity index (χ4v) is 4.22. The van der Waals surface area contributed by atoms with Crippen molar-refractivity contribution < 1.29 is 4.79 Å². The summed E-state index contributed by atoms with van der Waals surface area (Å²) < 4.78 is 0. The van der Waals surface area contributed by atoms with Crippen molar-refractivity contribution in [1.29, 1.82) is 0 Å². The molecule has 1 amide bonds. The fourth-order valence-electron chi connectivity index (χ4n) is 4.22. The SMILES string of the molecule is Cc1ccccc1N1CCN(CCc2ccc(C3NCC(=O)N3C)cc2)CC1. The van der Waals surface area contributed by atoms with Gasteiger partial charge in [0.25, 0.3) is 0 Å². The third-order valence-electron chi connectivity index (χ3n) is 6.07. The zero-order chi connectivity index (χ0) is 19.5. The van der Waals surface area contributed by atoms with Crippen LogP contribution in [-0.2, 0) is 11.2 Å². The van der Waals surface area contributed by atoms with E-state index in [9.17, 15) is 4.79 Å². The number of piperazine rings is 1. The maximum Gasteiger partial charge on any atom is 0.237 e. The normalized spacial score (nSPS) is 20.8. The van der Waals surface area contributed by atoms with Crippen molar-refractivity contribution in [3.05, 3.63) is 65.2 Å². The number of benzene rings is 2. The van der Waals surface area contributed by atoms with Crippen molar-refractivity contribution in [2.75, 3.05) is 51.2 Å². The minimum Gasteiger partial charge on any atom is -0.369 e. The lowest BCUT2D eigenvalue weighted by Gasteiger charge is -2.36. The minimum atomic E-state index is 0.0103. The lowest BCUT2D eigenvalue weighted by atomic mass is 10.1. The van der Waals surface area contributed by atoms with Gasteiger partial charge in [0.15, 0.2) is 0 Å². The van der Waals surface area contributed by atoms with Crippen LogP contribution in [0.5, 0.6) is 0 Å². The molecule has 2 aromatic carbocycles. The van der Waals surface area contributed by atoms with Gasteiger partial charge in [-0.2, -0.15) is 0 Å². The monoisotopic (exact) mass is 378 g/mol. The molecule has 0 aromatic heterocycles. The Hall–Kier alpha value is -2.37. The lowest BCUT2D eigenvalue weighted by Crippen LogP contribution is -2.47. The molecule has 1 N–H and O–H groups in total. The van der Waals surface area contributed by atoms with E-state index in [1.807, 2.05) is 7.05 Å². The molecule has 2 heterocycles. The van der Waals surface area contributed by atoms with Crippen LogP contribution < -0.4 is 10.2 Å². The van der Waals surface area contributed by atoms with Crippen LogP contribution in [0, 0.1) is 6.92 Å². The molecule has 4 rings (SSSR count). The van der Waals surface area contributed by atoms with Gasteiger partial charge in [-0.15, -0.1) is 0 Å². The molecule has 2 aromatic rings. The summed E-state index contributed by atoms with van der Waals surface area (Å²) >= 11 is 0. The minimum absolute atomic E-state index is 0.0103. The lowest BCUT2D eigenvalue weighted by molar-refractivity contribution is -0.126. The Balaban J connectivity index is 1.26. The van der Waals surface area contributed by atoms with Gasteiger partial charge in [0.2, 0.25) is 5.91 Å². The predicted octanol–water partition coefficient (Wildman–Crippen LogP) is 2.42. The van der Waals surface area contributed by atoms with Crippen molar-refractivity contribution in [2.45, 2.75) is 19.5 Å². The Morgan fingerprint density at radius 1 is 1.00 bits per heavy atom. The molecule has 5 nitrogen and oxygen atoms in total. The Morgan fingerprint density at radius 3 is 2.36 bits per heavy atom. The van der Waals surface area contributed by atoms with Crippen molar-refractivity contribution in [3.63, 3.8) is 0 Å². The van der Waals surface area contributed by atoms with Gasteiger partial charge in [-0.25, -0.2) is 0 Å².